The van der Waals surface area contributed by atoms with Gasteiger partial charge < -0.3 is 15.0 Å². The van der Waals surface area contributed by atoms with Gasteiger partial charge in [0, 0.05) is 37.2 Å². The highest BCUT2D eigenvalue weighted by molar-refractivity contribution is 5.95. The zero-order valence-corrected chi connectivity index (χ0v) is 18.1. The number of hydrogen-bond acceptors (Lipinski definition) is 6. The first-order chi connectivity index (χ1) is 15.3. The number of hydrogen-bond donors (Lipinski definition) is 2. The molecule has 0 aliphatic heterocycles. The molecule has 3 aromatic rings. The molecule has 10 nitrogen and oxygen atoms in total. The highest BCUT2D eigenvalue weighted by Crippen LogP contribution is 2.40. The lowest BCUT2D eigenvalue weighted by atomic mass is 10.1. The molecule has 0 unspecified atom stereocenters. The number of ether oxygens (including phenoxy) is 1. The van der Waals surface area contributed by atoms with Crippen molar-refractivity contribution in [3.8, 4) is 11.4 Å². The second-order valence-corrected chi connectivity index (χ2v) is 8.03. The van der Waals surface area contributed by atoms with Crippen molar-refractivity contribution in [1.29, 1.82) is 5.41 Å². The van der Waals surface area contributed by atoms with Crippen LogP contribution in [-0.2, 0) is 23.1 Å². The summed E-state index contributed by atoms with van der Waals surface area (Å²) in [6.45, 7) is 0.206. The van der Waals surface area contributed by atoms with Crippen molar-refractivity contribution in [2.45, 2.75) is 44.7 Å². The van der Waals surface area contributed by atoms with Crippen molar-refractivity contribution in [2.75, 3.05) is 7.11 Å². The fourth-order valence-corrected chi connectivity index (χ4v) is 3.89. The molecule has 10 heteroatoms. The number of unbranched alkanes of at least 4 members (excludes halogenated alkanes) is 1. The molecule has 1 saturated carbocycles. The van der Waals surface area contributed by atoms with Gasteiger partial charge in [-0.15, -0.1) is 0 Å². The van der Waals surface area contributed by atoms with Crippen LogP contribution in [0.25, 0.3) is 22.6 Å². The molecular weight excluding hydrogens is 412 g/mol. The Balaban J connectivity index is 1.78. The number of rotatable bonds is 8. The molecule has 1 fully saturated rings. The van der Waals surface area contributed by atoms with Gasteiger partial charge in [0.1, 0.15) is 11.7 Å². The van der Waals surface area contributed by atoms with E-state index >= 15 is 0 Å². The normalized spacial score (nSPS) is 13.4. The molecule has 168 valence electrons. The fraction of sp³-hybridized carbons (Fsp3) is 0.409. The average molecular weight is 438 g/mol. The molecule has 1 aliphatic rings. The summed E-state index contributed by atoms with van der Waals surface area (Å²) in [7, 11) is 2.98. The zero-order valence-electron chi connectivity index (χ0n) is 18.1. The van der Waals surface area contributed by atoms with Crippen LogP contribution in [0.5, 0.6) is 0 Å². The number of nitrogen functional groups attached to an aromatic ring is 1. The molecule has 0 saturated heterocycles. The minimum Gasteiger partial charge on any atom is -0.469 e. The molecule has 2 aromatic heterocycles. The molecule has 0 spiro atoms. The Morgan fingerprint density at radius 1 is 1.22 bits per heavy atom. The van der Waals surface area contributed by atoms with E-state index in [1.54, 1.807) is 19.2 Å². The first-order valence-corrected chi connectivity index (χ1v) is 10.6. The lowest BCUT2D eigenvalue weighted by Gasteiger charge is -2.12. The maximum Gasteiger partial charge on any atom is 0.332 e. The number of benzene rings is 1. The number of methoxy groups -OCH3 is 1. The molecule has 32 heavy (non-hydrogen) atoms. The summed E-state index contributed by atoms with van der Waals surface area (Å²) in [5.41, 5.74) is 6.87. The van der Waals surface area contributed by atoms with Crippen molar-refractivity contribution in [3.05, 3.63) is 50.7 Å². The molecule has 3 N–H and O–H groups in total. The van der Waals surface area contributed by atoms with Crippen molar-refractivity contribution in [3.63, 3.8) is 0 Å². The predicted octanol–water partition coefficient (Wildman–Crippen LogP) is 1.53. The average Bonchev–Trinajstić information content (AvgIpc) is 3.55. The van der Waals surface area contributed by atoms with Crippen LogP contribution in [0.3, 0.4) is 0 Å². The van der Waals surface area contributed by atoms with E-state index in [9.17, 15) is 14.4 Å². The number of nitrogens with two attached hydrogens (primary N) is 1. The van der Waals surface area contributed by atoms with E-state index < -0.39 is 11.2 Å². The first-order valence-electron chi connectivity index (χ1n) is 10.6. The van der Waals surface area contributed by atoms with Crippen molar-refractivity contribution in [2.24, 2.45) is 12.8 Å². The van der Waals surface area contributed by atoms with E-state index in [0.717, 1.165) is 18.4 Å². The molecule has 1 aromatic carbocycles. The molecular formula is C22H26N6O4. The van der Waals surface area contributed by atoms with Crippen LogP contribution in [0.1, 0.15) is 43.7 Å². The molecule has 0 amide bonds. The topological polar surface area (TPSA) is 138 Å². The lowest BCUT2D eigenvalue weighted by Crippen LogP contribution is -2.39. The Bertz CT molecular complexity index is 1310. The van der Waals surface area contributed by atoms with Gasteiger partial charge in [-0.1, -0.05) is 24.3 Å². The smallest absolute Gasteiger partial charge is 0.332 e. The van der Waals surface area contributed by atoms with Crippen LogP contribution < -0.4 is 17.0 Å². The van der Waals surface area contributed by atoms with Crippen molar-refractivity contribution in [1.82, 2.24) is 18.7 Å². The van der Waals surface area contributed by atoms with Gasteiger partial charge in [-0.2, -0.15) is 0 Å². The summed E-state index contributed by atoms with van der Waals surface area (Å²) in [5, 5.41) is 7.58. The Hall–Kier alpha value is -3.69. The molecule has 2 heterocycles. The van der Waals surface area contributed by atoms with E-state index in [-0.39, 0.29) is 36.3 Å². The van der Waals surface area contributed by atoms with Gasteiger partial charge >= 0.3 is 11.7 Å². The number of nitrogens with zero attached hydrogens (tertiary/aromatic N) is 4. The monoisotopic (exact) mass is 438 g/mol. The molecule has 1 aliphatic carbocycles. The van der Waals surface area contributed by atoms with Gasteiger partial charge in [0.05, 0.1) is 7.11 Å². The number of carbonyl (C=O) groups excluding carboxylic acids is 1. The van der Waals surface area contributed by atoms with Crippen molar-refractivity contribution < 1.29 is 9.53 Å². The summed E-state index contributed by atoms with van der Waals surface area (Å²) in [4.78, 5) is 42.2. The van der Waals surface area contributed by atoms with E-state index in [2.05, 4.69) is 9.72 Å². The number of amidine groups is 1. The zero-order chi connectivity index (χ0) is 23.0. The minimum absolute atomic E-state index is 0.0234. The van der Waals surface area contributed by atoms with Crippen LogP contribution in [0, 0.1) is 5.41 Å². The van der Waals surface area contributed by atoms with Crippen LogP contribution in [0.2, 0.25) is 0 Å². The molecule has 0 radical (unpaired) electrons. The summed E-state index contributed by atoms with van der Waals surface area (Å²) >= 11 is 0. The number of nitrogens with one attached hydrogen (secondary N) is 1. The number of aromatic nitrogens is 4. The van der Waals surface area contributed by atoms with Crippen LogP contribution in [0.4, 0.5) is 0 Å². The Kier molecular flexibility index (Phi) is 5.68. The Labute approximate surface area is 183 Å². The highest BCUT2D eigenvalue weighted by Gasteiger charge is 2.31. The third-order valence-electron chi connectivity index (χ3n) is 5.78. The highest BCUT2D eigenvalue weighted by atomic mass is 16.5. The lowest BCUT2D eigenvalue weighted by molar-refractivity contribution is -0.140. The summed E-state index contributed by atoms with van der Waals surface area (Å²) in [5.74, 6) is 0.280. The minimum atomic E-state index is -0.429. The SMILES string of the molecule is COC(=O)CCCCn1c(=O)c2nc(-c3ccc(C(=N)N)cc3)n(C3CC3)c2n(C)c1=O. The maximum atomic E-state index is 13.2. The van der Waals surface area contributed by atoms with Gasteiger partial charge in [-0.05, 0) is 25.7 Å². The summed E-state index contributed by atoms with van der Waals surface area (Å²) < 4.78 is 9.27. The molecule has 4 rings (SSSR count). The second-order valence-electron chi connectivity index (χ2n) is 8.03. The number of fused-ring (bicyclic) bond motifs is 1. The number of esters is 1. The number of carbonyl (C=O) groups is 1. The van der Waals surface area contributed by atoms with E-state index in [1.807, 2.05) is 16.7 Å². The largest absolute Gasteiger partial charge is 0.469 e. The quantitative estimate of drug-likeness (QED) is 0.237. The van der Waals surface area contributed by atoms with Crippen LogP contribution >= 0.6 is 0 Å². The van der Waals surface area contributed by atoms with E-state index in [0.29, 0.717) is 29.9 Å². The van der Waals surface area contributed by atoms with Gasteiger partial charge in [0.2, 0.25) is 0 Å². The van der Waals surface area contributed by atoms with Gasteiger partial charge in [0.15, 0.2) is 11.2 Å². The fourth-order valence-electron chi connectivity index (χ4n) is 3.89. The number of imidazole rings is 1. The van der Waals surface area contributed by atoms with Crippen molar-refractivity contribution >= 4 is 23.0 Å². The molecule has 0 atom stereocenters. The Morgan fingerprint density at radius 2 is 1.91 bits per heavy atom. The standard InChI is InChI=1S/C22H26N6O4/c1-26-20-17(21(30)27(22(26)31)12-4-3-5-16(29)32-2)25-19(28(20)15-10-11-15)14-8-6-13(7-9-14)18(23)24/h6-9,15H,3-5,10-12H2,1-2H3,(H3,23,24). The third kappa shape index (κ3) is 3.83. The van der Waals surface area contributed by atoms with Gasteiger partial charge in [0.25, 0.3) is 5.56 Å². The van der Waals surface area contributed by atoms with Crippen LogP contribution in [-0.4, -0.2) is 37.6 Å². The van der Waals surface area contributed by atoms with E-state index in [1.165, 1.54) is 16.2 Å². The second kappa shape index (κ2) is 8.45. The van der Waals surface area contributed by atoms with Gasteiger partial charge in [-0.25, -0.2) is 9.78 Å². The van der Waals surface area contributed by atoms with E-state index in [4.69, 9.17) is 11.1 Å². The maximum absolute atomic E-state index is 13.2. The first kappa shape index (κ1) is 21.5. The predicted molar refractivity (Wildman–Crippen MR) is 120 cm³/mol. The number of aryl methyl sites for hydroxylation is 1. The molecule has 0 bridgehead atoms. The Morgan fingerprint density at radius 3 is 2.50 bits per heavy atom. The summed E-state index contributed by atoms with van der Waals surface area (Å²) in [6, 6.07) is 7.31. The van der Waals surface area contributed by atoms with Gasteiger partial charge in [-0.3, -0.25) is 24.1 Å². The van der Waals surface area contributed by atoms with Crippen LogP contribution in [0.15, 0.2) is 33.9 Å². The summed E-state index contributed by atoms with van der Waals surface area (Å²) in [6.07, 6.45) is 3.16. The third-order valence-corrected chi connectivity index (χ3v) is 5.78.